The Balaban J connectivity index is 2.02. The summed E-state index contributed by atoms with van der Waals surface area (Å²) in [6.07, 6.45) is 0.395. The molecule has 4 N–H and O–H groups in total. The Morgan fingerprint density at radius 2 is 1.95 bits per heavy atom. The Bertz CT molecular complexity index is 641. The highest BCUT2D eigenvalue weighted by Crippen LogP contribution is 2.20. The summed E-state index contributed by atoms with van der Waals surface area (Å²) in [5, 5.41) is 12.6. The molecule has 0 heterocycles. The van der Waals surface area contributed by atoms with Crippen molar-refractivity contribution in [3.63, 3.8) is 0 Å². The number of rotatable bonds is 4. The van der Waals surface area contributed by atoms with Crippen LogP contribution in [-0.4, -0.2) is 17.1 Å². The molecular weight excluding hydrogens is 288 g/mol. The fraction of sp³-hybridized carbons (Fsp3) is 0.188. The lowest BCUT2D eigenvalue weighted by Gasteiger charge is -2.14. The van der Waals surface area contributed by atoms with Crippen molar-refractivity contribution in [2.45, 2.75) is 19.4 Å². The first-order chi connectivity index (χ1) is 9.95. The number of carbonyl (C=O) groups excluding carboxylic acids is 1. The number of aryl methyl sites for hydroxylation is 1. The normalized spacial score (nSPS) is 12.0. The predicted molar refractivity (Wildman–Crippen MR) is 84.6 cm³/mol. The van der Waals surface area contributed by atoms with Crippen LogP contribution in [0.3, 0.4) is 0 Å². The third kappa shape index (κ3) is 4.21. The summed E-state index contributed by atoms with van der Waals surface area (Å²) in [6, 6.07) is 11.3. The standard InChI is InChI=1S/C16H17ClN2O2/c1-10-2-5-12(17)9-15(10)19-16(21)14(18)8-11-3-6-13(20)7-4-11/h2-7,9,14,20H,8,18H2,1H3,(H,19,21)/t14-/m0/s1. The van der Waals surface area contributed by atoms with Crippen molar-refractivity contribution in [1.82, 2.24) is 0 Å². The zero-order valence-corrected chi connectivity index (χ0v) is 12.4. The van der Waals surface area contributed by atoms with Crippen LogP contribution in [0.2, 0.25) is 5.02 Å². The number of amides is 1. The molecule has 0 aliphatic rings. The number of hydrogen-bond donors (Lipinski definition) is 3. The molecule has 0 saturated heterocycles. The largest absolute Gasteiger partial charge is 0.508 e. The van der Waals surface area contributed by atoms with Crippen LogP contribution in [0.15, 0.2) is 42.5 Å². The van der Waals surface area contributed by atoms with Crippen LogP contribution in [0.4, 0.5) is 5.69 Å². The number of halogens is 1. The number of hydrogen-bond acceptors (Lipinski definition) is 3. The van der Waals surface area contributed by atoms with Crippen molar-refractivity contribution in [3.05, 3.63) is 58.6 Å². The van der Waals surface area contributed by atoms with E-state index in [1.165, 1.54) is 0 Å². The number of phenols is 1. The molecular formula is C16H17ClN2O2. The molecule has 0 aliphatic carbocycles. The fourth-order valence-electron chi connectivity index (χ4n) is 1.93. The van der Waals surface area contributed by atoms with E-state index >= 15 is 0 Å². The molecule has 2 aromatic rings. The molecule has 0 spiro atoms. The average molecular weight is 305 g/mol. The zero-order valence-electron chi connectivity index (χ0n) is 11.6. The number of nitrogens with two attached hydrogens (primary N) is 1. The van der Waals surface area contributed by atoms with Crippen molar-refractivity contribution < 1.29 is 9.90 Å². The van der Waals surface area contributed by atoms with E-state index in [9.17, 15) is 9.90 Å². The van der Waals surface area contributed by atoms with Crippen LogP contribution in [0.1, 0.15) is 11.1 Å². The minimum absolute atomic E-state index is 0.186. The zero-order chi connectivity index (χ0) is 15.4. The first kappa shape index (κ1) is 15.4. The Hall–Kier alpha value is -2.04. The van der Waals surface area contributed by atoms with E-state index in [0.717, 1.165) is 11.1 Å². The van der Waals surface area contributed by atoms with Gasteiger partial charge in [0.25, 0.3) is 0 Å². The smallest absolute Gasteiger partial charge is 0.241 e. The van der Waals surface area contributed by atoms with Gasteiger partial charge in [0.1, 0.15) is 5.75 Å². The summed E-state index contributed by atoms with van der Waals surface area (Å²) in [7, 11) is 0. The highest BCUT2D eigenvalue weighted by atomic mass is 35.5. The molecule has 0 saturated carbocycles. The molecule has 0 radical (unpaired) electrons. The van der Waals surface area contributed by atoms with Gasteiger partial charge in [-0.1, -0.05) is 29.8 Å². The number of carbonyl (C=O) groups is 1. The quantitative estimate of drug-likeness (QED) is 0.813. The summed E-state index contributed by atoms with van der Waals surface area (Å²) in [6.45, 7) is 1.89. The summed E-state index contributed by atoms with van der Waals surface area (Å²) >= 11 is 5.92. The second kappa shape index (κ2) is 6.61. The van der Waals surface area contributed by atoms with Crippen LogP contribution < -0.4 is 11.1 Å². The minimum atomic E-state index is -0.673. The van der Waals surface area contributed by atoms with Gasteiger partial charge in [0.2, 0.25) is 5.91 Å². The monoisotopic (exact) mass is 304 g/mol. The lowest BCUT2D eigenvalue weighted by Crippen LogP contribution is -2.37. The first-order valence-electron chi connectivity index (χ1n) is 6.56. The van der Waals surface area contributed by atoms with Gasteiger partial charge in [-0.2, -0.15) is 0 Å². The molecule has 1 atom stereocenters. The van der Waals surface area contributed by atoms with Gasteiger partial charge in [0.15, 0.2) is 0 Å². The molecule has 2 rings (SSSR count). The van der Waals surface area contributed by atoms with E-state index < -0.39 is 6.04 Å². The van der Waals surface area contributed by atoms with E-state index in [-0.39, 0.29) is 11.7 Å². The number of aromatic hydroxyl groups is 1. The lowest BCUT2D eigenvalue weighted by molar-refractivity contribution is -0.117. The van der Waals surface area contributed by atoms with E-state index in [1.807, 2.05) is 13.0 Å². The molecule has 21 heavy (non-hydrogen) atoms. The van der Waals surface area contributed by atoms with Crippen molar-refractivity contribution in [3.8, 4) is 5.75 Å². The lowest BCUT2D eigenvalue weighted by atomic mass is 10.1. The van der Waals surface area contributed by atoms with Crippen LogP contribution in [0.5, 0.6) is 5.75 Å². The first-order valence-corrected chi connectivity index (χ1v) is 6.94. The predicted octanol–water partition coefficient (Wildman–Crippen LogP) is 2.86. The molecule has 110 valence electrons. The SMILES string of the molecule is Cc1ccc(Cl)cc1NC(=O)[C@@H](N)Cc1ccc(O)cc1. The van der Waals surface area contributed by atoms with Gasteiger partial charge < -0.3 is 16.2 Å². The van der Waals surface area contributed by atoms with Gasteiger partial charge in [0.05, 0.1) is 6.04 Å². The number of anilines is 1. The Morgan fingerprint density at radius 1 is 1.29 bits per heavy atom. The van der Waals surface area contributed by atoms with Crippen LogP contribution >= 0.6 is 11.6 Å². The second-order valence-corrected chi connectivity index (χ2v) is 5.36. The molecule has 0 aliphatic heterocycles. The van der Waals surface area contributed by atoms with Gasteiger partial charge in [-0.15, -0.1) is 0 Å². The third-order valence-electron chi connectivity index (χ3n) is 3.19. The van der Waals surface area contributed by atoms with Crippen molar-refractivity contribution in [2.24, 2.45) is 5.73 Å². The summed E-state index contributed by atoms with van der Waals surface area (Å²) in [5.74, 6) is -0.0835. The topological polar surface area (TPSA) is 75.4 Å². The summed E-state index contributed by atoms with van der Waals surface area (Å²) < 4.78 is 0. The highest BCUT2D eigenvalue weighted by molar-refractivity contribution is 6.31. The highest BCUT2D eigenvalue weighted by Gasteiger charge is 2.15. The Labute approximate surface area is 128 Å². The van der Waals surface area contributed by atoms with Crippen molar-refractivity contribution >= 4 is 23.2 Å². The molecule has 0 bridgehead atoms. The minimum Gasteiger partial charge on any atom is -0.508 e. The van der Waals surface area contributed by atoms with Gasteiger partial charge in [-0.05, 0) is 48.7 Å². The van der Waals surface area contributed by atoms with E-state index in [0.29, 0.717) is 17.1 Å². The van der Waals surface area contributed by atoms with Gasteiger partial charge in [-0.3, -0.25) is 4.79 Å². The molecule has 4 nitrogen and oxygen atoms in total. The van der Waals surface area contributed by atoms with E-state index in [2.05, 4.69) is 5.32 Å². The van der Waals surface area contributed by atoms with Gasteiger partial charge in [0, 0.05) is 10.7 Å². The molecule has 0 fully saturated rings. The van der Waals surface area contributed by atoms with Crippen LogP contribution in [0.25, 0.3) is 0 Å². The van der Waals surface area contributed by atoms with Crippen molar-refractivity contribution in [2.75, 3.05) is 5.32 Å². The van der Waals surface area contributed by atoms with Gasteiger partial charge in [-0.25, -0.2) is 0 Å². The molecule has 0 aromatic heterocycles. The fourth-order valence-corrected chi connectivity index (χ4v) is 2.11. The number of phenolic OH excluding ortho intramolecular Hbond substituents is 1. The third-order valence-corrected chi connectivity index (χ3v) is 3.42. The van der Waals surface area contributed by atoms with E-state index in [4.69, 9.17) is 17.3 Å². The number of benzene rings is 2. The van der Waals surface area contributed by atoms with Crippen LogP contribution in [-0.2, 0) is 11.2 Å². The second-order valence-electron chi connectivity index (χ2n) is 4.93. The maximum Gasteiger partial charge on any atom is 0.241 e. The summed E-state index contributed by atoms with van der Waals surface area (Å²) in [5.41, 5.74) is 8.38. The van der Waals surface area contributed by atoms with E-state index in [1.54, 1.807) is 36.4 Å². The average Bonchev–Trinajstić information content (AvgIpc) is 2.45. The van der Waals surface area contributed by atoms with Crippen molar-refractivity contribution in [1.29, 1.82) is 0 Å². The Kier molecular flexibility index (Phi) is 4.83. The molecule has 0 unspecified atom stereocenters. The molecule has 5 heteroatoms. The molecule has 1 amide bonds. The summed E-state index contributed by atoms with van der Waals surface area (Å²) in [4.78, 5) is 12.1. The number of nitrogens with one attached hydrogen (secondary N) is 1. The van der Waals surface area contributed by atoms with Crippen LogP contribution in [0, 0.1) is 6.92 Å². The Morgan fingerprint density at radius 3 is 2.62 bits per heavy atom. The molecule has 2 aromatic carbocycles. The maximum atomic E-state index is 12.1. The maximum absolute atomic E-state index is 12.1. The van der Waals surface area contributed by atoms with Gasteiger partial charge >= 0.3 is 0 Å².